The molecule has 0 saturated heterocycles. The van der Waals surface area contributed by atoms with E-state index in [0.29, 0.717) is 0 Å². The fourth-order valence-electron chi connectivity index (χ4n) is 0.197. The summed E-state index contributed by atoms with van der Waals surface area (Å²) in [5, 5.41) is 0. The number of rotatable bonds is 4. The van der Waals surface area contributed by atoms with E-state index in [1.807, 2.05) is 27.7 Å². The molecule has 0 atom stereocenters. The van der Waals surface area contributed by atoms with E-state index >= 15 is 0 Å². The van der Waals surface area contributed by atoms with Crippen molar-refractivity contribution in [2.45, 2.75) is 39.9 Å². The Morgan fingerprint density at radius 1 is 0.900 bits per heavy atom. The maximum absolute atomic E-state index is 4.76. The predicted octanol–water partition coefficient (Wildman–Crippen LogP) is 2.04. The third-order valence-corrected chi connectivity index (χ3v) is 0.508. The Bertz CT molecular complexity index is 60.8. The minimum absolute atomic E-state index is 0. The fraction of sp³-hybridized carbons (Fsp3) is 1.00. The van der Waals surface area contributed by atoms with Gasteiger partial charge < -0.3 is 15.3 Å². The van der Waals surface area contributed by atoms with Crippen molar-refractivity contribution >= 4 is 0 Å². The molecule has 0 aliphatic rings. The van der Waals surface area contributed by atoms with E-state index in [1.54, 1.807) is 0 Å². The Kier molecular flexibility index (Phi) is 10.2. The van der Waals surface area contributed by atoms with Crippen LogP contribution in [0, 0.1) is 0 Å². The van der Waals surface area contributed by atoms with Crippen molar-refractivity contribution in [1.82, 2.24) is 0 Å². The summed E-state index contributed by atoms with van der Waals surface area (Å²) in [5.74, 6) is 0. The van der Waals surface area contributed by atoms with Gasteiger partial charge in [-0.25, -0.2) is 0 Å². The quantitative estimate of drug-likeness (QED) is 0.489. The van der Waals surface area contributed by atoms with Gasteiger partial charge in [0.15, 0.2) is 0 Å². The molecule has 0 N–H and O–H groups in total. The van der Waals surface area contributed by atoms with Crippen LogP contribution in [0.1, 0.15) is 27.7 Å². The molecule has 0 unspecified atom stereocenters. The largest absolute Gasteiger partial charge is 0.460 e. The summed E-state index contributed by atoms with van der Waals surface area (Å²) in [6.07, 6.45) is 0.201. The van der Waals surface area contributed by atoms with E-state index in [1.165, 1.54) is 0 Å². The molecule has 0 bridgehead atoms. The summed E-state index contributed by atoms with van der Waals surface area (Å²) < 4.78 is 0. The first kappa shape index (κ1) is 13.2. The topological polar surface area (TPSA) is 32.6 Å². The molecule has 0 radical (unpaired) electrons. The predicted molar refractivity (Wildman–Crippen MR) is 35.8 cm³/mol. The second-order valence-electron chi connectivity index (χ2n) is 2.38. The smallest absolute Gasteiger partial charge is 0.0324 e. The molecule has 0 aromatic rings. The first-order valence-corrected chi connectivity index (χ1v) is 3.15. The van der Waals surface area contributed by atoms with Crippen LogP contribution in [0.4, 0.5) is 0 Å². The van der Waals surface area contributed by atoms with Gasteiger partial charge in [-0.2, -0.15) is 0 Å². The molecule has 10 heavy (non-hydrogen) atoms. The van der Waals surface area contributed by atoms with Crippen LogP contribution in [0.15, 0.2) is 0 Å². The van der Waals surface area contributed by atoms with Crippen molar-refractivity contribution in [3.8, 4) is 0 Å². The Hall–Kier alpha value is 0.594. The summed E-state index contributed by atoms with van der Waals surface area (Å²) in [6.45, 7) is 7.58. The second kappa shape index (κ2) is 7.70. The monoisotopic (exact) mass is 180 g/mol. The molecule has 0 spiro atoms. The maximum Gasteiger partial charge on any atom is 0.0324 e. The van der Waals surface area contributed by atoms with E-state index in [4.69, 9.17) is 9.68 Å². The van der Waals surface area contributed by atoms with Gasteiger partial charge in [0.05, 0.1) is 0 Å². The van der Waals surface area contributed by atoms with Crippen LogP contribution >= 0.6 is 0 Å². The molecule has 0 aliphatic carbocycles. The van der Waals surface area contributed by atoms with Gasteiger partial charge in [-0.1, -0.05) is 0 Å². The molecule has 0 fully saturated rings. The molecule has 0 heterocycles. The van der Waals surface area contributed by atoms with Gasteiger partial charge in [0, 0.05) is 33.9 Å². The van der Waals surface area contributed by atoms with Gasteiger partial charge in [-0.05, 0) is 27.7 Å². The Labute approximate surface area is 77.3 Å². The van der Waals surface area contributed by atoms with Crippen LogP contribution in [-0.2, 0) is 31.4 Å². The van der Waals surface area contributed by atoms with E-state index in [0.717, 1.165) is 0 Å². The molecular weight excluding hydrogens is 166 g/mol. The Morgan fingerprint density at radius 3 is 1.40 bits per heavy atom. The minimum atomic E-state index is 0. The zero-order chi connectivity index (χ0) is 7.28. The standard InChI is InChI=1S/C6H14NO2.Ti/c1-5(2)8-7-9-6(3)4;/h5-6H,1-4H3;/q-1;. The summed E-state index contributed by atoms with van der Waals surface area (Å²) >= 11 is 0. The van der Waals surface area contributed by atoms with Crippen molar-refractivity contribution in [1.29, 1.82) is 0 Å². The number of hydrogen-bond donors (Lipinski definition) is 0. The van der Waals surface area contributed by atoms with Crippen molar-refractivity contribution in [2.24, 2.45) is 0 Å². The molecular formula is C6H14NO2Ti-. The Morgan fingerprint density at radius 2 is 1.20 bits per heavy atom. The normalized spacial score (nSPS) is 10.2. The average Bonchev–Trinajstić information content (AvgIpc) is 1.63. The third kappa shape index (κ3) is 11.4. The zero-order valence-electron chi connectivity index (χ0n) is 6.92. The summed E-state index contributed by atoms with van der Waals surface area (Å²) in [4.78, 5) is 9.51. The zero-order valence-corrected chi connectivity index (χ0v) is 8.48. The molecule has 0 amide bonds. The summed E-state index contributed by atoms with van der Waals surface area (Å²) in [5.41, 5.74) is 3.37. The fourth-order valence-corrected chi connectivity index (χ4v) is 0.197. The van der Waals surface area contributed by atoms with Crippen LogP contribution < -0.4 is 0 Å². The average molecular weight is 180 g/mol. The molecule has 0 aromatic heterocycles. The van der Waals surface area contributed by atoms with E-state index in [-0.39, 0.29) is 33.9 Å². The second-order valence-corrected chi connectivity index (χ2v) is 2.38. The van der Waals surface area contributed by atoms with E-state index in [2.05, 4.69) is 5.64 Å². The molecule has 0 aromatic carbocycles. The SMILES string of the molecule is CC(C)O[N-]OC(C)C.[Ti]. The summed E-state index contributed by atoms with van der Waals surface area (Å²) in [7, 11) is 0. The Balaban J connectivity index is 0. The molecule has 0 saturated carbocycles. The number of hydrogen-bond acceptors (Lipinski definition) is 2. The minimum Gasteiger partial charge on any atom is -0.460 e. The molecule has 0 aliphatic heterocycles. The molecule has 0 rings (SSSR count). The van der Waals surface area contributed by atoms with Gasteiger partial charge in [-0.3, -0.25) is 0 Å². The van der Waals surface area contributed by atoms with Gasteiger partial charge in [-0.15, -0.1) is 0 Å². The van der Waals surface area contributed by atoms with Crippen LogP contribution in [0.2, 0.25) is 0 Å². The van der Waals surface area contributed by atoms with Crippen LogP contribution in [0.5, 0.6) is 0 Å². The maximum atomic E-state index is 4.76. The van der Waals surface area contributed by atoms with E-state index in [9.17, 15) is 0 Å². The van der Waals surface area contributed by atoms with Gasteiger partial charge in [0.25, 0.3) is 0 Å². The first-order valence-electron chi connectivity index (χ1n) is 3.15. The van der Waals surface area contributed by atoms with E-state index < -0.39 is 0 Å². The van der Waals surface area contributed by atoms with Crippen molar-refractivity contribution in [3.63, 3.8) is 0 Å². The van der Waals surface area contributed by atoms with Gasteiger partial charge in [0.1, 0.15) is 0 Å². The number of nitrogens with zero attached hydrogens (tertiary/aromatic N) is 1. The van der Waals surface area contributed by atoms with Gasteiger partial charge in [0.2, 0.25) is 0 Å². The molecule has 4 heteroatoms. The summed E-state index contributed by atoms with van der Waals surface area (Å²) in [6, 6.07) is 0. The van der Waals surface area contributed by atoms with Crippen LogP contribution in [0.25, 0.3) is 5.64 Å². The van der Waals surface area contributed by atoms with Crippen LogP contribution in [-0.4, -0.2) is 12.2 Å². The molecule has 3 nitrogen and oxygen atoms in total. The third-order valence-electron chi connectivity index (χ3n) is 0.508. The first-order chi connectivity index (χ1) is 4.13. The van der Waals surface area contributed by atoms with Gasteiger partial charge >= 0.3 is 0 Å². The molecule has 60 valence electrons. The van der Waals surface area contributed by atoms with Crippen molar-refractivity contribution in [3.05, 3.63) is 5.64 Å². The van der Waals surface area contributed by atoms with Crippen molar-refractivity contribution < 1.29 is 31.4 Å². The van der Waals surface area contributed by atoms with Crippen LogP contribution in [0.3, 0.4) is 0 Å². The van der Waals surface area contributed by atoms with Crippen molar-refractivity contribution in [2.75, 3.05) is 0 Å².